The molecule has 0 radical (unpaired) electrons. The number of carbonyl (C=O) groups excluding carboxylic acids is 2. The smallest absolute Gasteiger partial charge is 0.308 e. The third-order valence-corrected chi connectivity index (χ3v) is 11.1. The van der Waals surface area contributed by atoms with Crippen molar-refractivity contribution in [3.63, 3.8) is 0 Å². The summed E-state index contributed by atoms with van der Waals surface area (Å²) < 4.78 is 16.1. The van der Waals surface area contributed by atoms with E-state index in [1.165, 1.54) is 7.11 Å². The van der Waals surface area contributed by atoms with Gasteiger partial charge >= 0.3 is 11.9 Å². The van der Waals surface area contributed by atoms with Crippen molar-refractivity contribution >= 4 is 11.9 Å². The predicted molar refractivity (Wildman–Crippen MR) is 240 cm³/mol. The lowest BCUT2D eigenvalue weighted by Gasteiger charge is -2.33. The van der Waals surface area contributed by atoms with Gasteiger partial charge in [0.05, 0.1) is 62.4 Å². The highest BCUT2D eigenvalue weighted by molar-refractivity contribution is 5.70. The first-order valence-corrected chi connectivity index (χ1v) is 21.6. The molecule has 7 N–H and O–H groups in total. The third-order valence-electron chi connectivity index (χ3n) is 11.1. The zero-order valence-corrected chi connectivity index (χ0v) is 37.4. The van der Waals surface area contributed by atoms with Crippen LogP contribution in [0.25, 0.3) is 0 Å². The second kappa shape index (κ2) is 32.0. The Morgan fingerprint density at radius 1 is 0.852 bits per heavy atom. The molecule has 0 aromatic heterocycles. The number of carbonyl (C=O) groups is 2. The number of aliphatic hydroxyl groups excluding tert-OH is 7. The summed E-state index contributed by atoms with van der Waals surface area (Å²) in [5.41, 5.74) is 1.56. The Labute approximate surface area is 364 Å². The Hall–Kier alpha value is -3.72. The van der Waals surface area contributed by atoms with E-state index in [0.717, 1.165) is 11.1 Å². The minimum Gasteiger partial charge on any atom is -0.469 e. The van der Waals surface area contributed by atoms with Crippen LogP contribution in [0.1, 0.15) is 98.8 Å². The quantitative estimate of drug-likeness (QED) is 0.0558. The second-order valence-electron chi connectivity index (χ2n) is 16.1. The molecule has 0 amide bonds. The first-order valence-electron chi connectivity index (χ1n) is 21.6. The van der Waals surface area contributed by atoms with Crippen LogP contribution in [0.2, 0.25) is 0 Å². The molecule has 1 rings (SSSR count). The predicted octanol–water partition coefficient (Wildman–Crippen LogP) is 6.22. The number of aliphatic hydroxyl groups is 7. The van der Waals surface area contributed by atoms with Crippen LogP contribution < -0.4 is 0 Å². The van der Waals surface area contributed by atoms with Crippen LogP contribution in [0.5, 0.6) is 0 Å². The summed E-state index contributed by atoms with van der Waals surface area (Å²) in [6, 6.07) is 0. The first kappa shape index (κ1) is 55.3. The molecular weight excluding hydrogens is 781 g/mol. The van der Waals surface area contributed by atoms with E-state index in [-0.39, 0.29) is 31.3 Å². The monoisotopic (exact) mass is 857 g/mol. The molecule has 0 spiro atoms. The zero-order chi connectivity index (χ0) is 45.7. The van der Waals surface area contributed by atoms with Crippen molar-refractivity contribution in [1.82, 2.24) is 0 Å². The van der Waals surface area contributed by atoms with Gasteiger partial charge in [0.25, 0.3) is 0 Å². The van der Waals surface area contributed by atoms with Crippen molar-refractivity contribution in [2.45, 2.75) is 154 Å². The average Bonchev–Trinajstić information content (AvgIpc) is 3.23. The van der Waals surface area contributed by atoms with Crippen molar-refractivity contribution in [2.75, 3.05) is 14.2 Å². The van der Waals surface area contributed by atoms with Crippen LogP contribution in [-0.4, -0.2) is 117 Å². The Balaban J connectivity index is 2.96. The SMILES string of the molecule is COC(=O)CC/C=C(/C)[C@@H](O)C\C=C/C=C\C=C\C=C/C=C\C(C)=C\[C@@H](O)[C@@H](C)[C@@H]1C[C@H](O)CCC[C@H](OC)C/C=C\C=C/C[C@H](O)[C@@H](O)[C@H](C)[C@@H](O)[C@H](C)[C@H](O)CC(=O)O1. The Bertz CT molecular complexity index is 1520. The number of allylic oxidation sites excluding steroid dienone is 13. The van der Waals surface area contributed by atoms with Gasteiger partial charge in [-0.25, -0.2) is 0 Å². The van der Waals surface area contributed by atoms with Gasteiger partial charge < -0.3 is 50.0 Å². The number of hydrogen-bond donors (Lipinski definition) is 7. The Kier molecular flexibility index (Phi) is 29.0. The molecule has 0 fully saturated rings. The van der Waals surface area contributed by atoms with E-state index < -0.39 is 79.0 Å². The molecule has 61 heavy (non-hydrogen) atoms. The maximum atomic E-state index is 13.2. The van der Waals surface area contributed by atoms with E-state index in [4.69, 9.17) is 9.47 Å². The van der Waals surface area contributed by atoms with E-state index in [1.807, 2.05) is 92.8 Å². The summed E-state index contributed by atoms with van der Waals surface area (Å²) >= 11 is 0. The van der Waals surface area contributed by atoms with Gasteiger partial charge in [0.15, 0.2) is 0 Å². The maximum absolute atomic E-state index is 13.2. The van der Waals surface area contributed by atoms with Crippen molar-refractivity contribution in [2.24, 2.45) is 17.8 Å². The summed E-state index contributed by atoms with van der Waals surface area (Å²) in [6.45, 7) is 8.52. The molecule has 0 unspecified atom stereocenters. The summed E-state index contributed by atoms with van der Waals surface area (Å²) in [4.78, 5) is 24.5. The largest absolute Gasteiger partial charge is 0.469 e. The molecule has 12 heteroatoms. The molecule has 1 aliphatic rings. The molecule has 1 aliphatic heterocycles. The van der Waals surface area contributed by atoms with E-state index in [9.17, 15) is 45.3 Å². The summed E-state index contributed by atoms with van der Waals surface area (Å²) in [5.74, 6) is -3.33. The average molecular weight is 857 g/mol. The van der Waals surface area contributed by atoms with Gasteiger partial charge in [-0.3, -0.25) is 9.59 Å². The summed E-state index contributed by atoms with van der Waals surface area (Å²) in [5, 5.41) is 75.8. The van der Waals surface area contributed by atoms with Crippen molar-refractivity contribution in [3.05, 3.63) is 108 Å². The highest BCUT2D eigenvalue weighted by Gasteiger charge is 2.36. The minimum atomic E-state index is -1.33. The van der Waals surface area contributed by atoms with Crippen molar-refractivity contribution in [3.8, 4) is 0 Å². The molecular formula is C49H76O12. The molecule has 0 aromatic rings. The fourth-order valence-corrected chi connectivity index (χ4v) is 6.66. The lowest BCUT2D eigenvalue weighted by molar-refractivity contribution is -0.159. The molecule has 0 saturated carbocycles. The molecule has 344 valence electrons. The Morgan fingerprint density at radius 3 is 2.11 bits per heavy atom. The van der Waals surface area contributed by atoms with Gasteiger partial charge in [-0.05, 0) is 64.4 Å². The highest BCUT2D eigenvalue weighted by atomic mass is 16.5. The number of ether oxygens (including phenoxy) is 3. The van der Waals surface area contributed by atoms with Gasteiger partial charge in [-0.2, -0.15) is 0 Å². The molecule has 12 atom stereocenters. The summed E-state index contributed by atoms with van der Waals surface area (Å²) in [6.07, 6.45) is 24.1. The van der Waals surface area contributed by atoms with E-state index in [1.54, 1.807) is 46.1 Å². The van der Waals surface area contributed by atoms with Crippen LogP contribution >= 0.6 is 0 Å². The fourth-order valence-electron chi connectivity index (χ4n) is 6.66. The fraction of sp³-hybridized carbons (Fsp3) is 0.592. The molecule has 1 heterocycles. The highest BCUT2D eigenvalue weighted by Crippen LogP contribution is 2.26. The zero-order valence-electron chi connectivity index (χ0n) is 37.4. The number of esters is 2. The van der Waals surface area contributed by atoms with Crippen LogP contribution in [-0.2, 0) is 23.8 Å². The maximum Gasteiger partial charge on any atom is 0.308 e. The topological polar surface area (TPSA) is 203 Å². The van der Waals surface area contributed by atoms with Gasteiger partial charge in [-0.1, -0.05) is 124 Å². The molecule has 0 aliphatic carbocycles. The lowest BCUT2D eigenvalue weighted by atomic mass is 9.83. The number of cyclic esters (lactones) is 1. The van der Waals surface area contributed by atoms with Gasteiger partial charge in [0, 0.05) is 37.7 Å². The lowest BCUT2D eigenvalue weighted by Crippen LogP contribution is -2.44. The first-order chi connectivity index (χ1) is 29.0. The summed E-state index contributed by atoms with van der Waals surface area (Å²) in [7, 11) is 2.98. The van der Waals surface area contributed by atoms with E-state index in [0.29, 0.717) is 38.5 Å². The molecule has 0 aromatic carbocycles. The number of methoxy groups -OCH3 is 2. The van der Waals surface area contributed by atoms with Crippen molar-refractivity contribution in [1.29, 1.82) is 0 Å². The van der Waals surface area contributed by atoms with Gasteiger partial charge in [0.1, 0.15) is 6.10 Å². The number of hydrogen-bond acceptors (Lipinski definition) is 12. The minimum absolute atomic E-state index is 0.0580. The molecule has 0 bridgehead atoms. The van der Waals surface area contributed by atoms with Crippen molar-refractivity contribution < 1.29 is 59.5 Å². The standard InChI is InChI=1S/C49H76O12/c1-34(23-17-13-11-9-8-10-12-14-19-28-41(51)35(2)24-21-30-46(55)60-7)31-43(53)36(3)45-32-39(50)25-22-27-40(59-6)26-18-15-16-20-29-42(52)49(58)38(5)48(57)37(4)44(54)33-47(56)61-45/h8-20,23-24,31,36-45,48-54,57-58H,21-22,25-30,32-33H2,1-7H3/b9-8+,12-10-,13-11-,18-15-,19-14-,20-16-,23-17-,34-31+,35-24-/t36-,37-,38-,39-,40-,41+,42+,43-,44-,45+,48+,49+/m1/s1. The third kappa shape index (κ3) is 23.9. The van der Waals surface area contributed by atoms with Crippen LogP contribution in [0, 0.1) is 17.8 Å². The van der Waals surface area contributed by atoms with E-state index in [2.05, 4.69) is 4.74 Å². The van der Waals surface area contributed by atoms with Crippen LogP contribution in [0.3, 0.4) is 0 Å². The molecule has 12 nitrogen and oxygen atoms in total. The van der Waals surface area contributed by atoms with Crippen LogP contribution in [0.15, 0.2) is 108 Å². The second-order valence-corrected chi connectivity index (χ2v) is 16.1. The van der Waals surface area contributed by atoms with Crippen LogP contribution in [0.4, 0.5) is 0 Å². The Morgan fingerprint density at radius 2 is 1.48 bits per heavy atom. The molecule has 0 saturated heterocycles. The van der Waals surface area contributed by atoms with E-state index >= 15 is 0 Å². The number of rotatable bonds is 15. The van der Waals surface area contributed by atoms with Gasteiger partial charge in [0.2, 0.25) is 0 Å². The van der Waals surface area contributed by atoms with Gasteiger partial charge in [-0.15, -0.1) is 0 Å². The normalized spacial score (nSPS) is 30.6.